The van der Waals surface area contributed by atoms with Gasteiger partial charge in [-0.05, 0) is 31.5 Å². The van der Waals surface area contributed by atoms with Gasteiger partial charge in [0.05, 0.1) is 12.3 Å². The van der Waals surface area contributed by atoms with Crippen LogP contribution in [0.2, 0.25) is 5.02 Å². The number of hydrogen-bond acceptors (Lipinski definition) is 4. The number of amides is 2. The molecule has 0 aliphatic carbocycles. The first-order valence-electron chi connectivity index (χ1n) is 7.29. The number of nitrogens with one attached hydrogen (secondary N) is 2. The number of rotatable bonds is 10. The topological polar surface area (TPSA) is 96.9 Å². The van der Waals surface area contributed by atoms with Gasteiger partial charge in [0.2, 0.25) is 0 Å². The van der Waals surface area contributed by atoms with Crippen LogP contribution in [0.15, 0.2) is 18.2 Å². The molecule has 7 nitrogen and oxygen atoms in total. The van der Waals surface area contributed by atoms with Crippen molar-refractivity contribution < 1.29 is 24.2 Å². The average molecular weight is 345 g/mol. The molecule has 0 saturated heterocycles. The second-order valence-electron chi connectivity index (χ2n) is 4.56. The normalized spacial score (nSPS) is 10.2. The van der Waals surface area contributed by atoms with E-state index in [2.05, 4.69) is 10.6 Å². The second kappa shape index (κ2) is 10.7. The molecule has 2 amide bonds. The Morgan fingerprint density at radius 2 is 2.09 bits per heavy atom. The van der Waals surface area contributed by atoms with E-state index in [-0.39, 0.29) is 13.0 Å². The third-order valence-electron chi connectivity index (χ3n) is 2.73. The summed E-state index contributed by atoms with van der Waals surface area (Å²) in [7, 11) is 0. The number of carbonyl (C=O) groups excluding carboxylic acids is 1. The number of carbonyl (C=O) groups is 2. The molecule has 1 aromatic carbocycles. The molecule has 1 aromatic rings. The molecule has 0 saturated carbocycles. The molecule has 0 radical (unpaired) electrons. The first kappa shape index (κ1) is 19.1. The number of carboxylic acid groups (broad SMARTS) is 1. The van der Waals surface area contributed by atoms with E-state index < -0.39 is 12.0 Å². The summed E-state index contributed by atoms with van der Waals surface area (Å²) < 4.78 is 10.7. The van der Waals surface area contributed by atoms with Gasteiger partial charge in [-0.1, -0.05) is 11.6 Å². The first-order chi connectivity index (χ1) is 11.0. The third-order valence-corrected chi connectivity index (χ3v) is 2.97. The minimum Gasteiger partial charge on any atom is -0.489 e. The molecule has 3 N–H and O–H groups in total. The lowest BCUT2D eigenvalue weighted by Gasteiger charge is -2.13. The van der Waals surface area contributed by atoms with E-state index >= 15 is 0 Å². The summed E-state index contributed by atoms with van der Waals surface area (Å²) in [5, 5.41) is 14.2. The van der Waals surface area contributed by atoms with Crippen LogP contribution in [0.5, 0.6) is 5.75 Å². The zero-order valence-corrected chi connectivity index (χ0v) is 13.7. The minimum absolute atomic E-state index is 0.00321. The van der Waals surface area contributed by atoms with Gasteiger partial charge in [0.15, 0.2) is 0 Å². The average Bonchev–Trinajstić information content (AvgIpc) is 2.50. The molecular formula is C15H21ClN2O5. The van der Waals surface area contributed by atoms with Gasteiger partial charge in [-0.15, -0.1) is 0 Å². The molecule has 0 spiro atoms. The summed E-state index contributed by atoms with van der Waals surface area (Å²) >= 11 is 5.93. The maximum atomic E-state index is 11.8. The van der Waals surface area contributed by atoms with E-state index in [1.165, 1.54) is 0 Å². The van der Waals surface area contributed by atoms with E-state index in [9.17, 15) is 9.59 Å². The Kier molecular flexibility index (Phi) is 8.86. The highest BCUT2D eigenvalue weighted by Crippen LogP contribution is 2.27. The Bertz CT molecular complexity index is 525. The second-order valence-corrected chi connectivity index (χ2v) is 5.00. The van der Waals surface area contributed by atoms with E-state index in [4.69, 9.17) is 26.2 Å². The number of benzene rings is 1. The lowest BCUT2D eigenvalue weighted by molar-refractivity contribution is -0.137. The fourth-order valence-corrected chi connectivity index (χ4v) is 1.86. The van der Waals surface area contributed by atoms with Crippen LogP contribution < -0.4 is 15.4 Å². The molecule has 0 aromatic heterocycles. The highest BCUT2D eigenvalue weighted by molar-refractivity contribution is 6.31. The molecular weight excluding hydrogens is 324 g/mol. The molecule has 0 heterocycles. The summed E-state index contributed by atoms with van der Waals surface area (Å²) in [5.74, 6) is -0.415. The Morgan fingerprint density at radius 3 is 2.78 bits per heavy atom. The summed E-state index contributed by atoms with van der Waals surface area (Å²) in [4.78, 5) is 22.2. The molecule has 1 rings (SSSR count). The van der Waals surface area contributed by atoms with E-state index in [0.717, 1.165) is 0 Å². The van der Waals surface area contributed by atoms with Gasteiger partial charge in [-0.25, -0.2) is 4.79 Å². The maximum absolute atomic E-state index is 11.8. The van der Waals surface area contributed by atoms with Crippen LogP contribution in [0.25, 0.3) is 0 Å². The molecule has 8 heteroatoms. The zero-order valence-electron chi connectivity index (χ0n) is 12.9. The van der Waals surface area contributed by atoms with Crippen molar-refractivity contribution in [2.45, 2.75) is 19.8 Å². The van der Waals surface area contributed by atoms with Crippen LogP contribution >= 0.6 is 11.6 Å². The van der Waals surface area contributed by atoms with Crippen molar-refractivity contribution in [3.63, 3.8) is 0 Å². The van der Waals surface area contributed by atoms with Gasteiger partial charge in [-0.3, -0.25) is 4.79 Å². The molecule has 128 valence electrons. The summed E-state index contributed by atoms with van der Waals surface area (Å²) in [6.07, 6.45) is 0.360. The van der Waals surface area contributed by atoms with Crippen molar-refractivity contribution in [2.75, 3.05) is 31.7 Å². The van der Waals surface area contributed by atoms with Crippen LogP contribution in [0.4, 0.5) is 10.5 Å². The quantitative estimate of drug-likeness (QED) is 0.567. The molecule has 0 aliphatic heterocycles. The van der Waals surface area contributed by atoms with Crippen molar-refractivity contribution in [3.8, 4) is 5.75 Å². The van der Waals surface area contributed by atoms with Crippen LogP contribution in [0, 0.1) is 0 Å². The maximum Gasteiger partial charge on any atom is 0.319 e. The van der Waals surface area contributed by atoms with E-state index in [1.807, 2.05) is 6.92 Å². The summed E-state index contributed by atoms with van der Waals surface area (Å²) in [6, 6.07) is 4.45. The molecule has 0 fully saturated rings. The highest BCUT2D eigenvalue weighted by atomic mass is 35.5. The number of halogens is 1. The first-order valence-corrected chi connectivity index (χ1v) is 7.67. The fraction of sp³-hybridized carbons (Fsp3) is 0.467. The van der Waals surface area contributed by atoms with Crippen molar-refractivity contribution in [1.29, 1.82) is 0 Å². The van der Waals surface area contributed by atoms with Crippen molar-refractivity contribution in [2.24, 2.45) is 0 Å². The number of aliphatic carboxylic acids is 1. The molecule has 0 atom stereocenters. The van der Waals surface area contributed by atoms with Gasteiger partial charge in [0.25, 0.3) is 0 Å². The van der Waals surface area contributed by atoms with Crippen LogP contribution in [0.3, 0.4) is 0 Å². The van der Waals surface area contributed by atoms with Crippen LogP contribution in [-0.2, 0) is 9.53 Å². The van der Waals surface area contributed by atoms with Gasteiger partial charge in [0, 0.05) is 24.6 Å². The van der Waals surface area contributed by atoms with Crippen LogP contribution in [-0.4, -0.2) is 43.5 Å². The molecule has 23 heavy (non-hydrogen) atoms. The Labute approximate surface area is 139 Å². The third kappa shape index (κ3) is 8.27. The summed E-state index contributed by atoms with van der Waals surface area (Å²) in [5.41, 5.74) is 0.435. The lowest BCUT2D eigenvalue weighted by Crippen LogP contribution is -2.30. The SMILES string of the molecule is CCOCCOc1ccc(Cl)cc1NC(=O)NCCCC(=O)O. The van der Waals surface area contributed by atoms with Gasteiger partial charge in [0.1, 0.15) is 12.4 Å². The van der Waals surface area contributed by atoms with Crippen molar-refractivity contribution in [1.82, 2.24) is 5.32 Å². The highest BCUT2D eigenvalue weighted by Gasteiger charge is 2.09. The smallest absolute Gasteiger partial charge is 0.319 e. The summed E-state index contributed by atoms with van der Waals surface area (Å²) in [6.45, 7) is 3.56. The van der Waals surface area contributed by atoms with Gasteiger partial charge < -0.3 is 25.2 Å². The van der Waals surface area contributed by atoms with Crippen molar-refractivity contribution >= 4 is 29.3 Å². The van der Waals surface area contributed by atoms with Crippen LogP contribution in [0.1, 0.15) is 19.8 Å². The number of urea groups is 1. The Morgan fingerprint density at radius 1 is 1.30 bits per heavy atom. The number of hydrogen-bond donors (Lipinski definition) is 3. The predicted octanol–water partition coefficient (Wildman–Crippen LogP) is 2.74. The largest absolute Gasteiger partial charge is 0.489 e. The standard InChI is InChI=1S/C15H21ClN2O5/c1-2-22-8-9-23-13-6-5-11(16)10-12(13)18-15(21)17-7-3-4-14(19)20/h5-6,10H,2-4,7-9H2,1H3,(H,19,20)(H2,17,18,21). The van der Waals surface area contributed by atoms with Gasteiger partial charge in [-0.2, -0.15) is 0 Å². The number of carboxylic acids is 1. The molecule has 0 unspecified atom stereocenters. The fourth-order valence-electron chi connectivity index (χ4n) is 1.69. The number of anilines is 1. The van der Waals surface area contributed by atoms with Gasteiger partial charge >= 0.3 is 12.0 Å². The Hall–Kier alpha value is -1.99. The van der Waals surface area contributed by atoms with E-state index in [1.54, 1.807) is 18.2 Å². The Balaban J connectivity index is 2.51. The monoisotopic (exact) mass is 344 g/mol. The molecule has 0 bridgehead atoms. The zero-order chi connectivity index (χ0) is 17.1. The minimum atomic E-state index is -0.896. The van der Waals surface area contributed by atoms with Crippen molar-refractivity contribution in [3.05, 3.63) is 23.2 Å². The number of ether oxygens (including phenoxy) is 2. The molecule has 0 aliphatic rings. The van der Waals surface area contributed by atoms with E-state index in [0.29, 0.717) is 42.7 Å². The predicted molar refractivity (Wildman–Crippen MR) is 87.3 cm³/mol. The lowest BCUT2D eigenvalue weighted by atomic mass is 10.3.